The van der Waals surface area contributed by atoms with Crippen molar-refractivity contribution < 1.29 is 14.7 Å². The van der Waals surface area contributed by atoms with Crippen molar-refractivity contribution in [1.29, 1.82) is 0 Å². The lowest BCUT2D eigenvalue weighted by atomic mass is 9.88. The lowest BCUT2D eigenvalue weighted by Crippen LogP contribution is -2.38. The molecule has 6 rings (SSSR count). The second-order valence-electron chi connectivity index (χ2n) is 10.4. The number of hydrogen-bond donors (Lipinski definition) is 2. The van der Waals surface area contributed by atoms with Gasteiger partial charge in [-0.15, -0.1) is 0 Å². The third kappa shape index (κ3) is 3.43. The molecule has 2 N–H and O–H groups in total. The summed E-state index contributed by atoms with van der Waals surface area (Å²) in [6.07, 6.45) is 4.04. The number of rotatable bonds is 3. The second-order valence-corrected chi connectivity index (χ2v) is 10.4. The highest BCUT2D eigenvalue weighted by Gasteiger charge is 2.49. The molecule has 36 heavy (non-hydrogen) atoms. The van der Waals surface area contributed by atoms with Crippen molar-refractivity contribution in [3.8, 4) is 5.75 Å². The summed E-state index contributed by atoms with van der Waals surface area (Å²) in [7, 11) is 0. The Morgan fingerprint density at radius 1 is 1.17 bits per heavy atom. The number of nitrogens with one attached hydrogen (secondary N) is 1. The number of aromatic hydroxyl groups is 1. The zero-order chi connectivity index (χ0) is 25.2. The van der Waals surface area contributed by atoms with Gasteiger partial charge in [0.2, 0.25) is 17.8 Å². The molecular weight excluding hydrogens is 454 g/mol. The van der Waals surface area contributed by atoms with E-state index in [1.54, 1.807) is 24.1 Å². The summed E-state index contributed by atoms with van der Waals surface area (Å²) in [6, 6.07) is 11.5. The average Bonchev–Trinajstić information content (AvgIpc) is 3.36. The minimum atomic E-state index is -0.741. The van der Waals surface area contributed by atoms with Crippen LogP contribution in [0.4, 0.5) is 17.5 Å². The van der Waals surface area contributed by atoms with Crippen LogP contribution in [0.3, 0.4) is 0 Å². The van der Waals surface area contributed by atoms with Crippen molar-refractivity contribution in [2.75, 3.05) is 16.8 Å². The molecule has 3 aromatic rings. The van der Waals surface area contributed by atoms with Gasteiger partial charge in [0.1, 0.15) is 11.6 Å². The van der Waals surface area contributed by atoms with E-state index in [1.165, 1.54) is 5.56 Å². The Morgan fingerprint density at radius 2 is 2.00 bits per heavy atom. The van der Waals surface area contributed by atoms with E-state index in [0.29, 0.717) is 18.3 Å². The highest BCUT2D eigenvalue weighted by molar-refractivity contribution is 6.07. The maximum atomic E-state index is 13.6. The standard InChI is InChI=1S/C28H29N5O3/c1-16(34)32-12-11-17-7-8-19(13-18(17)15-32)30-27-29-14-22-25(31-27)33(26(36)28(22,2)3)23-10-9-21-20(23)5-4-6-24(21)35/h4-8,13-14,23,35H,9-12,15H2,1-3H3,(H,29,30,31)/t23-/m1/s1. The number of anilines is 3. The first-order valence-corrected chi connectivity index (χ1v) is 12.4. The Kier molecular flexibility index (Phi) is 5.03. The van der Waals surface area contributed by atoms with Crippen LogP contribution in [0.2, 0.25) is 0 Å². The minimum Gasteiger partial charge on any atom is -0.508 e. The molecule has 0 radical (unpaired) electrons. The number of benzene rings is 2. The third-order valence-electron chi connectivity index (χ3n) is 7.87. The molecule has 3 heterocycles. The van der Waals surface area contributed by atoms with Crippen molar-refractivity contribution >= 4 is 29.3 Å². The molecule has 0 spiro atoms. The first-order valence-electron chi connectivity index (χ1n) is 12.4. The van der Waals surface area contributed by atoms with Crippen molar-refractivity contribution in [3.05, 3.63) is 70.4 Å². The van der Waals surface area contributed by atoms with E-state index in [1.807, 2.05) is 43.0 Å². The number of nitrogens with zero attached hydrogens (tertiary/aromatic N) is 4. The number of amides is 2. The monoisotopic (exact) mass is 483 g/mol. The summed E-state index contributed by atoms with van der Waals surface area (Å²) in [5, 5.41) is 13.6. The molecule has 1 aromatic heterocycles. The van der Waals surface area contributed by atoms with Gasteiger partial charge in [-0.2, -0.15) is 4.98 Å². The fourth-order valence-corrected chi connectivity index (χ4v) is 5.77. The van der Waals surface area contributed by atoms with Crippen molar-refractivity contribution in [2.45, 2.75) is 58.0 Å². The molecule has 2 aliphatic heterocycles. The molecule has 2 aromatic carbocycles. The number of hydrogen-bond acceptors (Lipinski definition) is 6. The Labute approximate surface area is 210 Å². The number of carbonyl (C=O) groups excluding carboxylic acids is 2. The predicted molar refractivity (Wildman–Crippen MR) is 136 cm³/mol. The largest absolute Gasteiger partial charge is 0.508 e. The molecule has 0 unspecified atom stereocenters. The van der Waals surface area contributed by atoms with E-state index >= 15 is 0 Å². The Balaban J connectivity index is 1.34. The van der Waals surface area contributed by atoms with E-state index in [0.717, 1.165) is 53.7 Å². The van der Waals surface area contributed by atoms with Gasteiger partial charge in [-0.05, 0) is 73.6 Å². The SMILES string of the molecule is CC(=O)N1CCc2ccc(Nc3ncc4c(n3)N([C@@H]3CCc5c(O)cccc53)C(=O)C4(C)C)cc2C1. The lowest BCUT2D eigenvalue weighted by molar-refractivity contribution is -0.129. The number of carbonyl (C=O) groups is 2. The summed E-state index contributed by atoms with van der Waals surface area (Å²) >= 11 is 0. The van der Waals surface area contributed by atoms with Gasteiger partial charge in [0.15, 0.2) is 0 Å². The molecule has 0 fully saturated rings. The zero-order valence-corrected chi connectivity index (χ0v) is 20.7. The van der Waals surface area contributed by atoms with Gasteiger partial charge >= 0.3 is 0 Å². The van der Waals surface area contributed by atoms with E-state index in [-0.39, 0.29) is 23.6 Å². The van der Waals surface area contributed by atoms with Crippen LogP contribution in [0.15, 0.2) is 42.6 Å². The summed E-state index contributed by atoms with van der Waals surface area (Å²) in [6.45, 7) is 6.75. The van der Waals surface area contributed by atoms with Crippen LogP contribution >= 0.6 is 0 Å². The van der Waals surface area contributed by atoms with Gasteiger partial charge in [0.05, 0.1) is 11.5 Å². The maximum absolute atomic E-state index is 13.6. The number of phenols is 1. The summed E-state index contributed by atoms with van der Waals surface area (Å²) in [5.74, 6) is 1.38. The van der Waals surface area contributed by atoms with E-state index < -0.39 is 5.41 Å². The van der Waals surface area contributed by atoms with Crippen LogP contribution in [-0.2, 0) is 34.4 Å². The summed E-state index contributed by atoms with van der Waals surface area (Å²) < 4.78 is 0. The van der Waals surface area contributed by atoms with Crippen LogP contribution in [0, 0.1) is 0 Å². The first kappa shape index (κ1) is 22.5. The van der Waals surface area contributed by atoms with Crippen molar-refractivity contribution in [1.82, 2.24) is 14.9 Å². The molecule has 8 heteroatoms. The molecule has 0 saturated heterocycles. The van der Waals surface area contributed by atoms with Crippen LogP contribution in [0.25, 0.3) is 0 Å². The quantitative estimate of drug-likeness (QED) is 0.581. The summed E-state index contributed by atoms with van der Waals surface area (Å²) in [5.41, 5.74) is 5.14. The molecular formula is C28H29N5O3. The number of fused-ring (bicyclic) bond motifs is 3. The Bertz CT molecular complexity index is 1420. The number of aromatic nitrogens is 2. The first-order chi connectivity index (χ1) is 17.2. The molecule has 1 aliphatic carbocycles. The van der Waals surface area contributed by atoms with Gasteiger partial charge in [-0.1, -0.05) is 18.2 Å². The maximum Gasteiger partial charge on any atom is 0.239 e. The highest BCUT2D eigenvalue weighted by Crippen LogP contribution is 2.49. The normalized spacial score (nSPS) is 19.6. The molecule has 0 bridgehead atoms. The fraction of sp³-hybridized carbons (Fsp3) is 0.357. The minimum absolute atomic E-state index is 0.0109. The van der Waals surface area contributed by atoms with E-state index in [4.69, 9.17) is 4.98 Å². The van der Waals surface area contributed by atoms with Gasteiger partial charge in [0, 0.05) is 37.5 Å². The highest BCUT2D eigenvalue weighted by atomic mass is 16.3. The molecule has 1 atom stereocenters. The van der Waals surface area contributed by atoms with Crippen molar-refractivity contribution in [2.24, 2.45) is 0 Å². The predicted octanol–water partition coefficient (Wildman–Crippen LogP) is 4.14. The van der Waals surface area contributed by atoms with Crippen LogP contribution in [0.5, 0.6) is 5.75 Å². The van der Waals surface area contributed by atoms with Crippen LogP contribution in [0.1, 0.15) is 61.1 Å². The Hall–Kier alpha value is -3.94. The van der Waals surface area contributed by atoms with Gasteiger partial charge in [-0.25, -0.2) is 4.98 Å². The smallest absolute Gasteiger partial charge is 0.239 e. The second kappa shape index (κ2) is 8.05. The van der Waals surface area contributed by atoms with Gasteiger partial charge < -0.3 is 15.3 Å². The van der Waals surface area contributed by atoms with Crippen LogP contribution < -0.4 is 10.2 Å². The van der Waals surface area contributed by atoms with E-state index in [2.05, 4.69) is 16.4 Å². The van der Waals surface area contributed by atoms with Gasteiger partial charge in [-0.3, -0.25) is 14.5 Å². The molecule has 0 saturated carbocycles. The fourth-order valence-electron chi connectivity index (χ4n) is 5.77. The third-order valence-corrected chi connectivity index (χ3v) is 7.87. The van der Waals surface area contributed by atoms with Gasteiger partial charge in [0.25, 0.3) is 0 Å². The Morgan fingerprint density at radius 3 is 2.81 bits per heavy atom. The van der Waals surface area contributed by atoms with Crippen LogP contribution in [-0.4, -0.2) is 38.3 Å². The van der Waals surface area contributed by atoms with Crippen molar-refractivity contribution in [3.63, 3.8) is 0 Å². The molecule has 3 aliphatic rings. The molecule has 184 valence electrons. The van der Waals surface area contributed by atoms with E-state index in [9.17, 15) is 14.7 Å². The number of phenolic OH excluding ortho intramolecular Hbond substituents is 1. The molecule has 8 nitrogen and oxygen atoms in total. The summed E-state index contributed by atoms with van der Waals surface area (Å²) in [4.78, 5) is 38.5. The zero-order valence-electron chi connectivity index (χ0n) is 20.7. The topological polar surface area (TPSA) is 98.7 Å². The average molecular weight is 484 g/mol. The molecule has 2 amide bonds. The lowest BCUT2D eigenvalue weighted by Gasteiger charge is -2.28.